The molecule has 1 aliphatic rings. The summed E-state index contributed by atoms with van der Waals surface area (Å²) in [6, 6.07) is 0.302. The van der Waals surface area contributed by atoms with Crippen molar-refractivity contribution in [2.24, 2.45) is 0 Å². The van der Waals surface area contributed by atoms with Gasteiger partial charge in [0.05, 0.1) is 6.10 Å². The lowest BCUT2D eigenvalue weighted by Crippen LogP contribution is -2.42. The fourth-order valence-corrected chi connectivity index (χ4v) is 2.65. The van der Waals surface area contributed by atoms with Crippen molar-refractivity contribution in [3.05, 3.63) is 0 Å². The molecule has 0 radical (unpaired) electrons. The van der Waals surface area contributed by atoms with Crippen LogP contribution in [0.1, 0.15) is 58.3 Å². The van der Waals surface area contributed by atoms with Crippen molar-refractivity contribution in [3.8, 4) is 0 Å². The molecule has 2 atom stereocenters. The fraction of sp³-hybridized carbons (Fsp3) is 1.00. The SMILES string of the molecule is CCNC1CCCCCCC1OCCCC(F)(F)F. The Bertz CT molecular complexity index is 233. The van der Waals surface area contributed by atoms with E-state index < -0.39 is 12.6 Å². The first-order valence-electron chi connectivity index (χ1n) is 7.44. The van der Waals surface area contributed by atoms with E-state index in [1.54, 1.807) is 0 Å². The minimum absolute atomic E-state index is 0.0683. The third-order valence-electron chi connectivity index (χ3n) is 3.61. The Morgan fingerprint density at radius 3 is 2.42 bits per heavy atom. The van der Waals surface area contributed by atoms with Gasteiger partial charge in [0.25, 0.3) is 0 Å². The van der Waals surface area contributed by atoms with Crippen molar-refractivity contribution in [1.29, 1.82) is 0 Å². The lowest BCUT2D eigenvalue weighted by atomic mass is 9.94. The predicted octanol–water partition coefficient (Wildman–Crippen LogP) is 4.05. The van der Waals surface area contributed by atoms with Crippen LogP contribution >= 0.6 is 0 Å². The zero-order chi connectivity index (χ0) is 14.1. The summed E-state index contributed by atoms with van der Waals surface area (Å²) >= 11 is 0. The highest BCUT2D eigenvalue weighted by atomic mass is 19.4. The van der Waals surface area contributed by atoms with Crippen LogP contribution in [-0.4, -0.2) is 31.5 Å². The first kappa shape index (κ1) is 16.8. The lowest BCUT2D eigenvalue weighted by Gasteiger charge is -2.30. The minimum atomic E-state index is -4.06. The molecule has 0 bridgehead atoms. The summed E-state index contributed by atoms with van der Waals surface area (Å²) in [6.45, 7) is 3.15. The van der Waals surface area contributed by atoms with Crippen LogP contribution in [0.5, 0.6) is 0 Å². The zero-order valence-corrected chi connectivity index (χ0v) is 11.8. The van der Waals surface area contributed by atoms with Crippen LogP contribution < -0.4 is 5.32 Å². The second-order valence-electron chi connectivity index (χ2n) is 5.28. The van der Waals surface area contributed by atoms with E-state index in [2.05, 4.69) is 12.2 Å². The number of nitrogens with one attached hydrogen (secondary N) is 1. The first-order chi connectivity index (χ1) is 9.03. The van der Waals surface area contributed by atoms with Crippen molar-refractivity contribution in [1.82, 2.24) is 5.32 Å². The number of ether oxygens (including phenoxy) is 1. The van der Waals surface area contributed by atoms with E-state index in [0.717, 1.165) is 25.8 Å². The number of rotatable bonds is 6. The Balaban J connectivity index is 2.32. The molecule has 2 unspecified atom stereocenters. The quantitative estimate of drug-likeness (QED) is 0.742. The van der Waals surface area contributed by atoms with Crippen LogP contribution in [0.15, 0.2) is 0 Å². The molecule has 0 saturated heterocycles. The standard InChI is InChI=1S/C14H26F3NO/c1-2-18-12-8-5-3-4-6-9-13(12)19-11-7-10-14(15,16)17/h12-13,18H,2-11H2,1H3. The van der Waals surface area contributed by atoms with E-state index in [9.17, 15) is 13.2 Å². The topological polar surface area (TPSA) is 21.3 Å². The number of halogens is 3. The molecule has 114 valence electrons. The van der Waals surface area contributed by atoms with Gasteiger partial charge in [-0.25, -0.2) is 0 Å². The normalized spacial score (nSPS) is 25.9. The highest BCUT2D eigenvalue weighted by Gasteiger charge is 2.27. The van der Waals surface area contributed by atoms with E-state index >= 15 is 0 Å². The zero-order valence-electron chi connectivity index (χ0n) is 11.8. The number of alkyl halides is 3. The van der Waals surface area contributed by atoms with Gasteiger partial charge in [0, 0.05) is 19.1 Å². The summed E-state index contributed by atoms with van der Waals surface area (Å²) in [5.41, 5.74) is 0. The number of hydrogen-bond donors (Lipinski definition) is 1. The third-order valence-corrected chi connectivity index (χ3v) is 3.61. The van der Waals surface area contributed by atoms with Crippen LogP contribution in [0.3, 0.4) is 0 Å². The molecule has 1 aliphatic carbocycles. The monoisotopic (exact) mass is 281 g/mol. The Labute approximate surface area is 114 Å². The molecule has 1 N–H and O–H groups in total. The third kappa shape index (κ3) is 7.78. The fourth-order valence-electron chi connectivity index (χ4n) is 2.65. The van der Waals surface area contributed by atoms with Crippen LogP contribution in [0, 0.1) is 0 Å². The van der Waals surface area contributed by atoms with Crippen molar-refractivity contribution in [2.75, 3.05) is 13.2 Å². The predicted molar refractivity (Wildman–Crippen MR) is 70.2 cm³/mol. The summed E-state index contributed by atoms with van der Waals surface area (Å²) < 4.78 is 41.9. The first-order valence-corrected chi connectivity index (χ1v) is 7.44. The summed E-state index contributed by atoms with van der Waals surface area (Å²) in [4.78, 5) is 0. The molecule has 19 heavy (non-hydrogen) atoms. The van der Waals surface area contributed by atoms with Gasteiger partial charge in [-0.2, -0.15) is 13.2 Å². The van der Waals surface area contributed by atoms with Gasteiger partial charge in [-0.1, -0.05) is 32.6 Å². The van der Waals surface area contributed by atoms with E-state index in [1.165, 1.54) is 19.3 Å². The van der Waals surface area contributed by atoms with Crippen LogP contribution in [-0.2, 0) is 4.74 Å². The molecule has 0 aromatic rings. The maximum atomic E-state index is 12.1. The Hall–Kier alpha value is -0.290. The van der Waals surface area contributed by atoms with Gasteiger partial charge < -0.3 is 10.1 Å². The van der Waals surface area contributed by atoms with Gasteiger partial charge >= 0.3 is 6.18 Å². The number of likely N-dealkylation sites (N-methyl/N-ethyl adjacent to an activating group) is 1. The molecular formula is C14H26F3NO. The number of hydrogen-bond acceptors (Lipinski definition) is 2. The highest BCUT2D eigenvalue weighted by molar-refractivity contribution is 4.79. The van der Waals surface area contributed by atoms with Gasteiger partial charge in [0.1, 0.15) is 0 Å². The van der Waals surface area contributed by atoms with Crippen molar-refractivity contribution in [3.63, 3.8) is 0 Å². The summed E-state index contributed by atoms with van der Waals surface area (Å²) in [5, 5.41) is 3.41. The molecule has 0 spiro atoms. The highest BCUT2D eigenvalue weighted by Crippen LogP contribution is 2.23. The minimum Gasteiger partial charge on any atom is -0.377 e. The maximum absolute atomic E-state index is 12.1. The summed E-state index contributed by atoms with van der Waals surface area (Å²) in [7, 11) is 0. The molecule has 0 heterocycles. The average Bonchev–Trinajstić information content (AvgIpc) is 2.30. The molecule has 2 nitrogen and oxygen atoms in total. The van der Waals surface area contributed by atoms with Crippen LogP contribution in [0.2, 0.25) is 0 Å². The van der Waals surface area contributed by atoms with Crippen molar-refractivity contribution < 1.29 is 17.9 Å². The van der Waals surface area contributed by atoms with Gasteiger partial charge in [0.2, 0.25) is 0 Å². The van der Waals surface area contributed by atoms with Gasteiger partial charge in [-0.15, -0.1) is 0 Å². The smallest absolute Gasteiger partial charge is 0.377 e. The van der Waals surface area contributed by atoms with Gasteiger partial charge in [0.15, 0.2) is 0 Å². The van der Waals surface area contributed by atoms with Crippen molar-refractivity contribution in [2.45, 2.75) is 76.6 Å². The summed E-state index contributed by atoms with van der Waals surface area (Å²) in [5.74, 6) is 0. The Kier molecular flexibility index (Phi) is 7.76. The molecule has 5 heteroatoms. The second kappa shape index (κ2) is 8.80. The molecule has 1 rings (SSSR count). The van der Waals surface area contributed by atoms with Crippen LogP contribution in [0.4, 0.5) is 13.2 Å². The summed E-state index contributed by atoms with van der Waals surface area (Å²) in [6.07, 6.45) is 2.13. The van der Waals surface area contributed by atoms with E-state index in [1.807, 2.05) is 0 Å². The van der Waals surface area contributed by atoms with E-state index in [0.29, 0.717) is 6.04 Å². The largest absolute Gasteiger partial charge is 0.389 e. The lowest BCUT2D eigenvalue weighted by molar-refractivity contribution is -0.139. The molecule has 1 saturated carbocycles. The van der Waals surface area contributed by atoms with Gasteiger partial charge in [-0.3, -0.25) is 0 Å². The second-order valence-corrected chi connectivity index (χ2v) is 5.28. The van der Waals surface area contributed by atoms with Gasteiger partial charge in [-0.05, 0) is 25.8 Å². The Morgan fingerprint density at radius 1 is 1.11 bits per heavy atom. The molecule has 0 aliphatic heterocycles. The molecular weight excluding hydrogens is 255 g/mol. The van der Waals surface area contributed by atoms with Crippen molar-refractivity contribution >= 4 is 0 Å². The molecule has 1 fully saturated rings. The van der Waals surface area contributed by atoms with E-state index in [-0.39, 0.29) is 19.1 Å². The molecule has 0 aromatic carbocycles. The molecule has 0 aromatic heterocycles. The Morgan fingerprint density at radius 2 is 1.79 bits per heavy atom. The average molecular weight is 281 g/mol. The van der Waals surface area contributed by atoms with Crippen LogP contribution in [0.25, 0.3) is 0 Å². The maximum Gasteiger partial charge on any atom is 0.389 e. The van der Waals surface area contributed by atoms with E-state index in [4.69, 9.17) is 4.74 Å². The molecule has 0 amide bonds.